The van der Waals surface area contributed by atoms with E-state index in [1.54, 1.807) is 36.7 Å². The first-order valence-electron chi connectivity index (χ1n) is 11.1. The van der Waals surface area contributed by atoms with Crippen LogP contribution in [0.1, 0.15) is 22.3 Å². The van der Waals surface area contributed by atoms with E-state index in [1.165, 1.54) is 3.97 Å². The fraction of sp³-hybridized carbons (Fsp3) is 0.231. The van der Waals surface area contributed by atoms with Crippen molar-refractivity contribution in [3.05, 3.63) is 82.6 Å². The van der Waals surface area contributed by atoms with Crippen LogP contribution in [0, 0.1) is 12.8 Å². The smallest absolute Gasteiger partial charge is 0.269 e. The fourth-order valence-electron chi connectivity index (χ4n) is 4.49. The summed E-state index contributed by atoms with van der Waals surface area (Å²) in [5.74, 6) is 0.183. The number of aryl methyl sites for hydroxylation is 1. The van der Waals surface area contributed by atoms with E-state index in [9.17, 15) is 13.2 Å². The summed E-state index contributed by atoms with van der Waals surface area (Å²) in [4.78, 5) is 19.7. The third-order valence-electron chi connectivity index (χ3n) is 6.40. The predicted molar refractivity (Wildman–Crippen MR) is 137 cm³/mol. The van der Waals surface area contributed by atoms with Crippen LogP contribution in [0.2, 0.25) is 0 Å². The van der Waals surface area contributed by atoms with Crippen molar-refractivity contribution in [2.75, 3.05) is 20.1 Å². The maximum absolute atomic E-state index is 13.5. The number of rotatable bonds is 5. The standard InChI is InChI=1S/C26H24BrN3O3S/c1-17-3-9-22(10-4-17)34(32,33)30-16-24(23-13-21(27)14-28-26(23)30)18-5-7-19(8-6-18)25(31)20-11-12-29(2)15-20/h3-10,13-14,16,20H,11-12,15H2,1-2H3. The van der Waals surface area contributed by atoms with Gasteiger partial charge in [0, 0.05) is 45.8 Å². The number of carbonyl (C=O) groups excluding carboxylic acids is 1. The number of aromatic nitrogens is 2. The molecule has 2 aromatic carbocycles. The molecule has 0 N–H and O–H groups in total. The Balaban J connectivity index is 1.57. The molecular weight excluding hydrogens is 514 g/mol. The second kappa shape index (κ2) is 8.76. The molecule has 34 heavy (non-hydrogen) atoms. The zero-order valence-corrected chi connectivity index (χ0v) is 21.3. The van der Waals surface area contributed by atoms with Gasteiger partial charge in [-0.15, -0.1) is 0 Å². The molecule has 6 nitrogen and oxygen atoms in total. The number of halogens is 1. The van der Waals surface area contributed by atoms with Crippen LogP contribution in [0.4, 0.5) is 0 Å². The lowest BCUT2D eigenvalue weighted by atomic mass is 9.95. The van der Waals surface area contributed by atoms with Gasteiger partial charge in [0.25, 0.3) is 10.0 Å². The normalized spacial score (nSPS) is 16.9. The van der Waals surface area contributed by atoms with Crippen LogP contribution < -0.4 is 0 Å². The van der Waals surface area contributed by atoms with E-state index in [-0.39, 0.29) is 16.6 Å². The van der Waals surface area contributed by atoms with Crippen molar-refractivity contribution in [2.24, 2.45) is 5.92 Å². The van der Waals surface area contributed by atoms with E-state index in [0.29, 0.717) is 16.6 Å². The van der Waals surface area contributed by atoms with Crippen molar-refractivity contribution in [1.82, 2.24) is 13.9 Å². The minimum absolute atomic E-state index is 0.0255. The largest absolute Gasteiger partial charge is 0.306 e. The molecule has 0 aliphatic carbocycles. The second-order valence-electron chi connectivity index (χ2n) is 8.87. The lowest BCUT2D eigenvalue weighted by Crippen LogP contribution is -2.19. The molecule has 1 fully saturated rings. The molecule has 5 rings (SSSR count). The van der Waals surface area contributed by atoms with Gasteiger partial charge in [-0.05, 0) is 66.6 Å². The van der Waals surface area contributed by atoms with Crippen LogP contribution in [0.3, 0.4) is 0 Å². The lowest BCUT2D eigenvalue weighted by Gasteiger charge is -2.10. The topological polar surface area (TPSA) is 72.3 Å². The van der Waals surface area contributed by atoms with Crippen molar-refractivity contribution in [1.29, 1.82) is 0 Å². The maximum atomic E-state index is 13.5. The molecule has 0 bridgehead atoms. The Labute approximate surface area is 207 Å². The highest BCUT2D eigenvalue weighted by Gasteiger charge is 2.27. The Hall–Kier alpha value is -2.81. The number of nitrogens with zero attached hydrogens (tertiary/aromatic N) is 3. The highest BCUT2D eigenvalue weighted by Crippen LogP contribution is 2.34. The van der Waals surface area contributed by atoms with E-state index in [0.717, 1.165) is 40.7 Å². The van der Waals surface area contributed by atoms with Crippen molar-refractivity contribution in [3.63, 3.8) is 0 Å². The van der Waals surface area contributed by atoms with Gasteiger partial charge in [0.05, 0.1) is 4.90 Å². The summed E-state index contributed by atoms with van der Waals surface area (Å²) < 4.78 is 28.9. The molecule has 2 aromatic heterocycles. The lowest BCUT2D eigenvalue weighted by molar-refractivity contribution is 0.0924. The van der Waals surface area contributed by atoms with E-state index < -0.39 is 10.0 Å². The Morgan fingerprint density at radius 1 is 1.09 bits per heavy atom. The number of fused-ring (bicyclic) bond motifs is 1. The molecule has 1 aliphatic heterocycles. The summed E-state index contributed by atoms with van der Waals surface area (Å²) in [7, 11) is -1.81. The minimum Gasteiger partial charge on any atom is -0.306 e. The van der Waals surface area contributed by atoms with Crippen molar-refractivity contribution in [3.8, 4) is 11.1 Å². The Kier molecular flexibility index (Phi) is 5.91. The van der Waals surface area contributed by atoms with Gasteiger partial charge in [-0.2, -0.15) is 0 Å². The summed E-state index contributed by atoms with van der Waals surface area (Å²) in [5, 5.41) is 0.710. The molecule has 0 saturated carbocycles. The third-order valence-corrected chi connectivity index (χ3v) is 8.50. The molecule has 8 heteroatoms. The van der Waals surface area contributed by atoms with Gasteiger partial charge in [0.1, 0.15) is 0 Å². The maximum Gasteiger partial charge on any atom is 0.269 e. The molecule has 1 saturated heterocycles. The SMILES string of the molecule is Cc1ccc(S(=O)(=O)n2cc(-c3ccc(C(=O)C4CCN(C)C4)cc3)c3cc(Br)cnc32)cc1. The van der Waals surface area contributed by atoms with Crippen LogP contribution in [-0.4, -0.2) is 48.2 Å². The fourth-order valence-corrected chi connectivity index (χ4v) is 6.15. The van der Waals surface area contributed by atoms with Crippen LogP contribution >= 0.6 is 15.9 Å². The summed E-state index contributed by atoms with van der Waals surface area (Å²) in [6, 6.07) is 16.1. The average molecular weight is 538 g/mol. The second-order valence-corrected chi connectivity index (χ2v) is 11.6. The molecule has 4 aromatic rings. The monoisotopic (exact) mass is 537 g/mol. The third kappa shape index (κ3) is 4.10. The van der Waals surface area contributed by atoms with E-state index >= 15 is 0 Å². The number of pyridine rings is 1. The van der Waals surface area contributed by atoms with Crippen molar-refractivity contribution in [2.45, 2.75) is 18.2 Å². The van der Waals surface area contributed by atoms with Gasteiger partial charge in [0.2, 0.25) is 0 Å². The number of hydrogen-bond acceptors (Lipinski definition) is 5. The molecule has 0 amide bonds. The number of benzene rings is 2. The summed E-state index contributed by atoms with van der Waals surface area (Å²) in [6.07, 6.45) is 4.08. The van der Waals surface area contributed by atoms with Gasteiger partial charge in [-0.3, -0.25) is 4.79 Å². The van der Waals surface area contributed by atoms with E-state index in [2.05, 4.69) is 25.8 Å². The van der Waals surface area contributed by atoms with Crippen LogP contribution in [-0.2, 0) is 10.0 Å². The molecule has 0 radical (unpaired) electrons. The molecule has 1 aliphatic rings. The first-order chi connectivity index (χ1) is 16.2. The van der Waals surface area contributed by atoms with Gasteiger partial charge in [0.15, 0.2) is 11.4 Å². The van der Waals surface area contributed by atoms with Crippen LogP contribution in [0.5, 0.6) is 0 Å². The number of carbonyl (C=O) groups is 1. The zero-order valence-electron chi connectivity index (χ0n) is 18.9. The number of Topliss-reactive ketones (excluding diaryl/α,β-unsaturated/α-hetero) is 1. The molecule has 3 heterocycles. The zero-order chi connectivity index (χ0) is 24.0. The molecule has 1 atom stereocenters. The van der Waals surface area contributed by atoms with Crippen molar-refractivity contribution >= 4 is 42.8 Å². The number of ketones is 1. The molecular formula is C26H24BrN3O3S. The van der Waals surface area contributed by atoms with Crippen LogP contribution in [0.25, 0.3) is 22.2 Å². The summed E-state index contributed by atoms with van der Waals surface area (Å²) in [6.45, 7) is 3.63. The Bertz CT molecular complexity index is 1490. The van der Waals surface area contributed by atoms with E-state index in [1.807, 2.05) is 44.3 Å². The molecule has 0 spiro atoms. The van der Waals surface area contributed by atoms with Gasteiger partial charge >= 0.3 is 0 Å². The molecule has 174 valence electrons. The first kappa shape index (κ1) is 23.0. The van der Waals surface area contributed by atoms with Gasteiger partial charge < -0.3 is 4.90 Å². The predicted octanol–water partition coefficient (Wildman–Crippen LogP) is 5.15. The number of hydrogen-bond donors (Lipinski definition) is 0. The molecule has 1 unspecified atom stereocenters. The van der Waals surface area contributed by atoms with Crippen molar-refractivity contribution < 1.29 is 13.2 Å². The highest BCUT2D eigenvalue weighted by molar-refractivity contribution is 9.10. The van der Waals surface area contributed by atoms with E-state index in [4.69, 9.17) is 0 Å². The highest BCUT2D eigenvalue weighted by atomic mass is 79.9. The average Bonchev–Trinajstić information content (AvgIpc) is 3.43. The summed E-state index contributed by atoms with van der Waals surface area (Å²) >= 11 is 3.46. The number of likely N-dealkylation sites (tertiary alicyclic amines) is 1. The van der Waals surface area contributed by atoms with Gasteiger partial charge in [-0.25, -0.2) is 17.4 Å². The van der Waals surface area contributed by atoms with Gasteiger partial charge in [-0.1, -0.05) is 42.0 Å². The first-order valence-corrected chi connectivity index (χ1v) is 13.3. The minimum atomic E-state index is -3.84. The Morgan fingerprint density at radius 3 is 2.44 bits per heavy atom. The van der Waals surface area contributed by atoms with Crippen LogP contribution in [0.15, 0.2) is 76.4 Å². The Morgan fingerprint density at radius 2 is 1.79 bits per heavy atom. The quantitative estimate of drug-likeness (QED) is 0.329. The summed E-state index contributed by atoms with van der Waals surface area (Å²) in [5.41, 5.74) is 3.58.